The van der Waals surface area contributed by atoms with E-state index in [1.165, 1.54) is 11.8 Å². The lowest BCUT2D eigenvalue weighted by atomic mass is 10.2. The minimum absolute atomic E-state index is 0.180. The third-order valence-electron chi connectivity index (χ3n) is 5.65. The van der Waals surface area contributed by atoms with Crippen LogP contribution in [0.15, 0.2) is 76.6 Å². The molecule has 0 aromatic heterocycles. The Kier molecular flexibility index (Phi) is 8.57. The number of ether oxygens (including phenoxy) is 2. The molecule has 0 bridgehead atoms. The Bertz CT molecular complexity index is 1270. The van der Waals surface area contributed by atoms with Crippen LogP contribution in [0.4, 0.5) is 11.4 Å². The number of benzene rings is 3. The molecule has 3 aromatic rings. The Hall–Kier alpha value is -3.42. The number of amidine groups is 1. The van der Waals surface area contributed by atoms with Gasteiger partial charge in [0.1, 0.15) is 6.61 Å². The number of nitrogens with zero attached hydrogens (tertiary/aromatic N) is 2. The lowest BCUT2D eigenvalue weighted by Crippen LogP contribution is -2.21. The summed E-state index contributed by atoms with van der Waals surface area (Å²) >= 11 is 7.26. The van der Waals surface area contributed by atoms with E-state index in [0.29, 0.717) is 33.2 Å². The number of aliphatic imine (C=N–C) groups is 1. The third kappa shape index (κ3) is 6.42. The van der Waals surface area contributed by atoms with Crippen LogP contribution in [0.1, 0.15) is 25.0 Å². The molecule has 0 saturated carbocycles. The summed E-state index contributed by atoms with van der Waals surface area (Å²) < 4.78 is 11.4. The van der Waals surface area contributed by atoms with Gasteiger partial charge < -0.3 is 19.7 Å². The molecule has 0 aliphatic carbocycles. The minimum atomic E-state index is -0.180. The maximum Gasteiger partial charge on any atom is 0.264 e. The highest BCUT2D eigenvalue weighted by molar-refractivity contribution is 8.18. The van der Waals surface area contributed by atoms with Crippen molar-refractivity contribution in [3.05, 3.63) is 87.8 Å². The molecule has 0 radical (unpaired) electrons. The molecule has 1 N–H and O–H groups in total. The second kappa shape index (κ2) is 12.0. The summed E-state index contributed by atoms with van der Waals surface area (Å²) in [5.74, 6) is 1.03. The molecule has 6 nitrogen and oxygen atoms in total. The van der Waals surface area contributed by atoms with Crippen LogP contribution in [0.3, 0.4) is 0 Å². The zero-order chi connectivity index (χ0) is 25.5. The lowest BCUT2D eigenvalue weighted by Gasteiger charge is -2.20. The van der Waals surface area contributed by atoms with Crippen LogP contribution in [0.2, 0.25) is 5.02 Å². The number of halogens is 1. The van der Waals surface area contributed by atoms with Crippen molar-refractivity contribution in [1.29, 1.82) is 0 Å². The van der Waals surface area contributed by atoms with Crippen molar-refractivity contribution in [1.82, 2.24) is 5.32 Å². The molecule has 4 rings (SSSR count). The molecule has 8 heteroatoms. The summed E-state index contributed by atoms with van der Waals surface area (Å²) in [4.78, 5) is 20.0. The van der Waals surface area contributed by atoms with E-state index < -0.39 is 0 Å². The second-order valence-electron chi connectivity index (χ2n) is 8.00. The molecule has 0 atom stereocenters. The maximum absolute atomic E-state index is 12.6. The van der Waals surface area contributed by atoms with Crippen molar-refractivity contribution in [2.45, 2.75) is 20.5 Å². The number of hydrogen-bond acceptors (Lipinski definition) is 6. The summed E-state index contributed by atoms with van der Waals surface area (Å²) in [6.45, 7) is 6.55. The second-order valence-corrected chi connectivity index (χ2v) is 9.46. The van der Waals surface area contributed by atoms with Crippen LogP contribution in [0.5, 0.6) is 11.5 Å². The van der Waals surface area contributed by atoms with Gasteiger partial charge in [0.2, 0.25) is 0 Å². The van der Waals surface area contributed by atoms with E-state index in [-0.39, 0.29) is 5.91 Å². The first kappa shape index (κ1) is 25.7. The molecule has 36 heavy (non-hydrogen) atoms. The normalized spacial score (nSPS) is 15.3. The predicted molar refractivity (Wildman–Crippen MR) is 150 cm³/mol. The number of carbonyl (C=O) groups is 1. The largest absolute Gasteiger partial charge is 0.493 e. The van der Waals surface area contributed by atoms with Gasteiger partial charge >= 0.3 is 0 Å². The Morgan fingerprint density at radius 2 is 1.72 bits per heavy atom. The molecule has 186 valence electrons. The van der Waals surface area contributed by atoms with Gasteiger partial charge in [0.25, 0.3) is 5.91 Å². The van der Waals surface area contributed by atoms with E-state index in [9.17, 15) is 4.79 Å². The fourth-order valence-corrected chi connectivity index (χ4v) is 4.68. The molecule has 0 unspecified atom stereocenters. The number of nitrogens with one attached hydrogen (secondary N) is 1. The van der Waals surface area contributed by atoms with Crippen LogP contribution in [-0.2, 0) is 11.4 Å². The summed E-state index contributed by atoms with van der Waals surface area (Å²) in [7, 11) is 1.59. The fourth-order valence-electron chi connectivity index (χ4n) is 3.71. The van der Waals surface area contributed by atoms with Gasteiger partial charge in [-0.1, -0.05) is 29.8 Å². The molecule has 1 fully saturated rings. The highest BCUT2D eigenvalue weighted by Gasteiger charge is 2.24. The van der Waals surface area contributed by atoms with E-state index in [0.717, 1.165) is 35.6 Å². The molecule has 1 amide bonds. The van der Waals surface area contributed by atoms with Crippen molar-refractivity contribution in [2.75, 3.05) is 25.1 Å². The van der Waals surface area contributed by atoms with Gasteiger partial charge in [-0.2, -0.15) is 0 Å². The molecule has 1 aliphatic rings. The zero-order valence-electron chi connectivity index (χ0n) is 20.5. The quantitative estimate of drug-likeness (QED) is 0.319. The number of rotatable bonds is 9. The fraction of sp³-hybridized carbons (Fsp3) is 0.214. The SMILES string of the molecule is CCN(CC)c1ccc(N=C2NC(=O)C(=Cc3ccc(OCc4ccc(Cl)cc4)c(OC)c3)S2)cc1. The Morgan fingerprint density at radius 1 is 1.00 bits per heavy atom. The Morgan fingerprint density at radius 3 is 2.39 bits per heavy atom. The van der Waals surface area contributed by atoms with E-state index in [1.807, 2.05) is 72.8 Å². The average molecular weight is 522 g/mol. The maximum atomic E-state index is 12.6. The van der Waals surface area contributed by atoms with Gasteiger partial charge in [-0.3, -0.25) is 4.79 Å². The minimum Gasteiger partial charge on any atom is -0.493 e. The number of methoxy groups -OCH3 is 1. The molecule has 0 spiro atoms. The van der Waals surface area contributed by atoms with Crippen LogP contribution in [-0.4, -0.2) is 31.3 Å². The van der Waals surface area contributed by atoms with E-state index in [2.05, 4.69) is 29.1 Å². The third-order valence-corrected chi connectivity index (χ3v) is 6.81. The molecular formula is C28H28ClN3O3S. The molecule has 1 heterocycles. The lowest BCUT2D eigenvalue weighted by molar-refractivity contribution is -0.115. The summed E-state index contributed by atoms with van der Waals surface area (Å²) in [5, 5.41) is 4.08. The highest BCUT2D eigenvalue weighted by Crippen LogP contribution is 2.33. The number of anilines is 1. The summed E-state index contributed by atoms with van der Waals surface area (Å²) in [6, 6.07) is 21.1. The molecule has 3 aromatic carbocycles. The number of thioether (sulfide) groups is 1. The summed E-state index contributed by atoms with van der Waals surface area (Å²) in [5.41, 5.74) is 3.77. The Labute approximate surface area is 221 Å². The van der Waals surface area contributed by atoms with Crippen molar-refractivity contribution < 1.29 is 14.3 Å². The first-order chi connectivity index (χ1) is 17.5. The number of amides is 1. The number of hydrogen-bond donors (Lipinski definition) is 1. The average Bonchev–Trinajstić information content (AvgIpc) is 3.23. The van der Waals surface area contributed by atoms with Gasteiger partial charge in [0.15, 0.2) is 16.7 Å². The van der Waals surface area contributed by atoms with Gasteiger partial charge in [-0.15, -0.1) is 0 Å². The van der Waals surface area contributed by atoms with E-state index in [4.69, 9.17) is 21.1 Å². The first-order valence-electron chi connectivity index (χ1n) is 11.7. The molecule has 1 saturated heterocycles. The van der Waals surface area contributed by atoms with Gasteiger partial charge in [-0.25, -0.2) is 4.99 Å². The van der Waals surface area contributed by atoms with Gasteiger partial charge in [0.05, 0.1) is 17.7 Å². The highest BCUT2D eigenvalue weighted by atomic mass is 35.5. The zero-order valence-corrected chi connectivity index (χ0v) is 22.0. The topological polar surface area (TPSA) is 63.2 Å². The predicted octanol–water partition coefficient (Wildman–Crippen LogP) is 6.67. The standard InChI is InChI=1S/C28H28ClN3O3S/c1-4-32(5-2)23-13-11-22(12-14-23)30-28-31-27(33)26(36-28)17-20-8-15-24(25(16-20)34-3)35-18-19-6-9-21(29)10-7-19/h6-17H,4-5,18H2,1-3H3,(H,30,31,33). The molecule has 1 aliphatic heterocycles. The van der Waals surface area contributed by atoms with E-state index in [1.54, 1.807) is 7.11 Å². The van der Waals surface area contributed by atoms with Crippen LogP contribution < -0.4 is 19.7 Å². The van der Waals surface area contributed by atoms with Crippen molar-refractivity contribution in [3.8, 4) is 11.5 Å². The first-order valence-corrected chi connectivity index (χ1v) is 12.9. The summed E-state index contributed by atoms with van der Waals surface area (Å²) in [6.07, 6.45) is 1.82. The monoisotopic (exact) mass is 521 g/mol. The van der Waals surface area contributed by atoms with Gasteiger partial charge in [0, 0.05) is 23.8 Å². The van der Waals surface area contributed by atoms with Crippen LogP contribution >= 0.6 is 23.4 Å². The molecular weight excluding hydrogens is 494 g/mol. The van der Waals surface area contributed by atoms with Crippen molar-refractivity contribution >= 4 is 51.9 Å². The smallest absolute Gasteiger partial charge is 0.264 e. The van der Waals surface area contributed by atoms with Crippen LogP contribution in [0.25, 0.3) is 6.08 Å². The van der Waals surface area contributed by atoms with Crippen molar-refractivity contribution in [3.63, 3.8) is 0 Å². The Balaban J connectivity index is 1.44. The van der Waals surface area contributed by atoms with Crippen LogP contribution in [0, 0.1) is 0 Å². The van der Waals surface area contributed by atoms with E-state index >= 15 is 0 Å². The number of carbonyl (C=O) groups excluding carboxylic acids is 1. The van der Waals surface area contributed by atoms with Crippen molar-refractivity contribution in [2.24, 2.45) is 4.99 Å². The van der Waals surface area contributed by atoms with Gasteiger partial charge in [-0.05, 0) is 91.3 Å².